The number of anilines is 1. The molecule has 0 saturated heterocycles. The lowest BCUT2D eigenvalue weighted by Crippen LogP contribution is -2.14. The standard InChI is InChI=1S/C11H14F3N3O2/c1-7-6-8(15-5-3-4-11(12,13)14)17-9(16-7)10(18)19-2/h6H,3-5H2,1-2H3,(H,15,16,17). The molecule has 0 amide bonds. The van der Waals surface area contributed by atoms with Gasteiger partial charge in [0, 0.05) is 24.7 Å². The van der Waals surface area contributed by atoms with Crippen LogP contribution in [0, 0.1) is 6.92 Å². The molecule has 0 aromatic carbocycles. The van der Waals surface area contributed by atoms with Gasteiger partial charge in [-0.1, -0.05) is 0 Å². The van der Waals surface area contributed by atoms with Gasteiger partial charge >= 0.3 is 12.1 Å². The topological polar surface area (TPSA) is 64.1 Å². The van der Waals surface area contributed by atoms with Crippen LogP contribution in [-0.2, 0) is 4.74 Å². The highest BCUT2D eigenvalue weighted by Crippen LogP contribution is 2.21. The minimum absolute atomic E-state index is 0.0693. The number of halogens is 3. The van der Waals surface area contributed by atoms with Crippen molar-refractivity contribution in [2.24, 2.45) is 0 Å². The van der Waals surface area contributed by atoms with Gasteiger partial charge < -0.3 is 10.1 Å². The van der Waals surface area contributed by atoms with Crippen LogP contribution in [0.2, 0.25) is 0 Å². The highest BCUT2D eigenvalue weighted by molar-refractivity contribution is 5.85. The summed E-state index contributed by atoms with van der Waals surface area (Å²) in [6.45, 7) is 1.76. The molecule has 0 atom stereocenters. The highest BCUT2D eigenvalue weighted by atomic mass is 19.4. The second kappa shape index (κ2) is 6.35. The zero-order valence-corrected chi connectivity index (χ0v) is 10.5. The Labute approximate surface area is 108 Å². The summed E-state index contributed by atoms with van der Waals surface area (Å²) in [6, 6.07) is 1.54. The molecule has 8 heteroatoms. The van der Waals surface area contributed by atoms with Crippen molar-refractivity contribution >= 4 is 11.8 Å². The molecular weight excluding hydrogens is 263 g/mol. The quantitative estimate of drug-likeness (QED) is 0.661. The third-order valence-electron chi connectivity index (χ3n) is 2.17. The number of nitrogens with one attached hydrogen (secondary N) is 1. The molecule has 1 rings (SSSR count). The largest absolute Gasteiger partial charge is 0.463 e. The van der Waals surface area contributed by atoms with E-state index in [4.69, 9.17) is 0 Å². The molecular formula is C11H14F3N3O2. The normalized spacial score (nSPS) is 11.2. The van der Waals surface area contributed by atoms with Crippen LogP contribution < -0.4 is 5.32 Å². The van der Waals surface area contributed by atoms with Gasteiger partial charge in [-0.2, -0.15) is 13.2 Å². The second-order valence-electron chi connectivity index (χ2n) is 3.86. The number of nitrogens with zero attached hydrogens (tertiary/aromatic N) is 2. The van der Waals surface area contributed by atoms with Gasteiger partial charge in [-0.25, -0.2) is 14.8 Å². The van der Waals surface area contributed by atoms with Gasteiger partial charge in [-0.3, -0.25) is 0 Å². The average molecular weight is 277 g/mol. The summed E-state index contributed by atoms with van der Waals surface area (Å²) in [5.74, 6) is -0.516. The molecule has 0 spiro atoms. The number of aromatic nitrogens is 2. The van der Waals surface area contributed by atoms with Crippen LogP contribution in [0.1, 0.15) is 29.2 Å². The molecule has 0 aliphatic rings. The van der Waals surface area contributed by atoms with Gasteiger partial charge in [-0.15, -0.1) is 0 Å². The molecule has 0 fully saturated rings. The molecule has 0 aliphatic carbocycles. The van der Waals surface area contributed by atoms with Gasteiger partial charge in [0.2, 0.25) is 5.82 Å². The zero-order valence-electron chi connectivity index (χ0n) is 10.5. The Morgan fingerprint density at radius 1 is 1.42 bits per heavy atom. The van der Waals surface area contributed by atoms with Crippen LogP contribution in [-0.4, -0.2) is 35.8 Å². The molecule has 0 saturated carbocycles. The number of hydrogen-bond donors (Lipinski definition) is 1. The maximum absolute atomic E-state index is 11.9. The summed E-state index contributed by atoms with van der Waals surface area (Å²) in [5.41, 5.74) is 0.522. The van der Waals surface area contributed by atoms with Gasteiger partial charge in [0.15, 0.2) is 0 Å². The first-order valence-corrected chi connectivity index (χ1v) is 5.56. The molecule has 19 heavy (non-hydrogen) atoms. The Bertz CT molecular complexity index is 449. The van der Waals surface area contributed by atoms with E-state index in [1.54, 1.807) is 13.0 Å². The van der Waals surface area contributed by atoms with Gasteiger partial charge in [-0.05, 0) is 13.3 Å². The molecule has 5 nitrogen and oxygen atoms in total. The number of alkyl halides is 3. The van der Waals surface area contributed by atoms with Crippen molar-refractivity contribution in [3.05, 3.63) is 17.6 Å². The van der Waals surface area contributed by atoms with E-state index in [2.05, 4.69) is 20.0 Å². The number of aryl methyl sites for hydroxylation is 1. The molecule has 0 radical (unpaired) electrons. The van der Waals surface area contributed by atoms with Crippen molar-refractivity contribution in [2.45, 2.75) is 25.9 Å². The lowest BCUT2D eigenvalue weighted by molar-refractivity contribution is -0.134. The molecule has 1 heterocycles. The predicted molar refractivity (Wildman–Crippen MR) is 61.9 cm³/mol. The minimum atomic E-state index is -4.17. The summed E-state index contributed by atoms with van der Waals surface area (Å²) in [4.78, 5) is 19.0. The lowest BCUT2D eigenvalue weighted by Gasteiger charge is -2.09. The van der Waals surface area contributed by atoms with Crippen LogP contribution in [0.4, 0.5) is 19.0 Å². The third-order valence-corrected chi connectivity index (χ3v) is 2.17. The highest BCUT2D eigenvalue weighted by Gasteiger charge is 2.25. The average Bonchev–Trinajstić information content (AvgIpc) is 2.32. The van der Waals surface area contributed by atoms with E-state index in [0.29, 0.717) is 11.5 Å². The van der Waals surface area contributed by atoms with E-state index in [0.717, 1.165) is 0 Å². The maximum atomic E-state index is 11.9. The van der Waals surface area contributed by atoms with Gasteiger partial charge in [0.25, 0.3) is 0 Å². The Hall–Kier alpha value is -1.86. The van der Waals surface area contributed by atoms with Crippen molar-refractivity contribution in [3.63, 3.8) is 0 Å². The fourth-order valence-corrected chi connectivity index (χ4v) is 1.35. The smallest absolute Gasteiger partial charge is 0.389 e. The van der Waals surface area contributed by atoms with E-state index in [1.165, 1.54) is 7.11 Å². The van der Waals surface area contributed by atoms with Gasteiger partial charge in [0.1, 0.15) is 5.82 Å². The monoisotopic (exact) mass is 277 g/mol. The number of esters is 1. The molecule has 106 valence electrons. The first-order valence-electron chi connectivity index (χ1n) is 5.56. The fourth-order valence-electron chi connectivity index (χ4n) is 1.35. The van der Waals surface area contributed by atoms with Crippen molar-refractivity contribution < 1.29 is 22.7 Å². The van der Waals surface area contributed by atoms with E-state index >= 15 is 0 Å². The number of carbonyl (C=O) groups excluding carboxylic acids is 1. The summed E-state index contributed by atoms with van der Waals surface area (Å²) in [5, 5.41) is 2.72. The Kier molecular flexibility index (Phi) is 5.08. The second-order valence-corrected chi connectivity index (χ2v) is 3.86. The Morgan fingerprint density at radius 2 is 2.11 bits per heavy atom. The number of hydrogen-bond acceptors (Lipinski definition) is 5. The number of carbonyl (C=O) groups is 1. The molecule has 1 aromatic heterocycles. The molecule has 0 bridgehead atoms. The minimum Gasteiger partial charge on any atom is -0.463 e. The van der Waals surface area contributed by atoms with Gasteiger partial charge in [0.05, 0.1) is 7.11 Å². The summed E-state index contributed by atoms with van der Waals surface area (Å²) in [7, 11) is 1.20. The van der Waals surface area contributed by atoms with E-state index < -0.39 is 18.6 Å². The molecule has 0 aliphatic heterocycles. The van der Waals surface area contributed by atoms with Crippen LogP contribution in [0.3, 0.4) is 0 Å². The summed E-state index contributed by atoms with van der Waals surface area (Å²) in [6.07, 6.45) is -5.10. The van der Waals surface area contributed by atoms with E-state index in [-0.39, 0.29) is 18.8 Å². The lowest BCUT2D eigenvalue weighted by atomic mass is 10.3. The van der Waals surface area contributed by atoms with Crippen molar-refractivity contribution in [3.8, 4) is 0 Å². The van der Waals surface area contributed by atoms with Crippen LogP contribution >= 0.6 is 0 Å². The summed E-state index contributed by atoms with van der Waals surface area (Å²) < 4.78 is 40.3. The molecule has 1 N–H and O–H groups in total. The number of methoxy groups -OCH3 is 1. The van der Waals surface area contributed by atoms with Crippen LogP contribution in [0.15, 0.2) is 6.07 Å². The molecule has 1 aromatic rings. The Balaban J connectivity index is 2.59. The van der Waals surface area contributed by atoms with Crippen molar-refractivity contribution in [1.82, 2.24) is 9.97 Å². The van der Waals surface area contributed by atoms with Crippen LogP contribution in [0.25, 0.3) is 0 Å². The third kappa shape index (κ3) is 5.54. The SMILES string of the molecule is COC(=O)c1nc(C)cc(NCCCC(F)(F)F)n1. The Morgan fingerprint density at radius 3 is 2.68 bits per heavy atom. The van der Waals surface area contributed by atoms with Crippen LogP contribution in [0.5, 0.6) is 0 Å². The first-order chi connectivity index (χ1) is 8.81. The maximum Gasteiger partial charge on any atom is 0.389 e. The van der Waals surface area contributed by atoms with Crippen molar-refractivity contribution in [1.29, 1.82) is 0 Å². The van der Waals surface area contributed by atoms with Crippen molar-refractivity contribution in [2.75, 3.05) is 19.0 Å². The van der Waals surface area contributed by atoms with E-state index in [1.807, 2.05) is 0 Å². The summed E-state index contributed by atoms with van der Waals surface area (Å²) >= 11 is 0. The number of ether oxygens (including phenoxy) is 1. The molecule has 0 unspecified atom stereocenters. The predicted octanol–water partition coefficient (Wildman–Crippen LogP) is 2.33. The fraction of sp³-hybridized carbons (Fsp3) is 0.545. The first kappa shape index (κ1) is 15.2. The van der Waals surface area contributed by atoms with E-state index in [9.17, 15) is 18.0 Å². The zero-order chi connectivity index (χ0) is 14.5. The number of rotatable bonds is 5.